The van der Waals surface area contributed by atoms with Crippen molar-refractivity contribution in [3.05, 3.63) is 18.2 Å². The molecule has 4 N–H and O–H groups in total. The van der Waals surface area contributed by atoms with Crippen molar-refractivity contribution >= 4 is 23.6 Å². The van der Waals surface area contributed by atoms with Crippen LogP contribution in [0.4, 0.5) is 0 Å². The van der Waals surface area contributed by atoms with Gasteiger partial charge in [-0.1, -0.05) is 0 Å². The minimum atomic E-state index is -0.793. The molecule has 0 bridgehead atoms. The number of hydrogen-bond donors (Lipinski definition) is 3. The van der Waals surface area contributed by atoms with Crippen LogP contribution in [0.3, 0.4) is 0 Å². The Bertz CT molecular complexity index is 760. The minimum absolute atomic E-state index is 0.207. The summed E-state index contributed by atoms with van der Waals surface area (Å²) in [4.78, 5) is 54.0. The third-order valence-electron chi connectivity index (χ3n) is 5.06. The Morgan fingerprint density at radius 2 is 2.15 bits per heavy atom. The number of carbonyl (C=O) groups excluding carboxylic acids is 4. The number of rotatable bonds is 5. The number of nitrogens with zero attached hydrogens (tertiary/aromatic N) is 3. The molecule has 0 unspecified atom stereocenters. The summed E-state index contributed by atoms with van der Waals surface area (Å²) in [7, 11) is 1.82. The topological polar surface area (TPSA) is 139 Å². The fourth-order valence-corrected chi connectivity index (χ4v) is 3.51. The van der Waals surface area contributed by atoms with Gasteiger partial charge in [0, 0.05) is 38.3 Å². The number of carbonyl (C=O) groups is 4. The van der Waals surface area contributed by atoms with E-state index in [0.29, 0.717) is 32.2 Å². The molecule has 1 aromatic heterocycles. The molecular formula is C17H24N6O4. The van der Waals surface area contributed by atoms with E-state index in [9.17, 15) is 19.2 Å². The van der Waals surface area contributed by atoms with Gasteiger partial charge >= 0.3 is 0 Å². The summed E-state index contributed by atoms with van der Waals surface area (Å²) < 4.78 is 1.79. The van der Waals surface area contributed by atoms with Gasteiger partial charge in [0.15, 0.2) is 0 Å². The number of amides is 4. The number of hydrogen-bond acceptors (Lipinski definition) is 6. The maximum Gasteiger partial charge on any atom is 0.249 e. The molecule has 146 valence electrons. The highest BCUT2D eigenvalue weighted by Crippen LogP contribution is 2.19. The average molecular weight is 376 g/mol. The fraction of sp³-hybridized carbons (Fsp3) is 0.588. The van der Waals surface area contributed by atoms with Crippen LogP contribution in [-0.4, -0.2) is 62.7 Å². The van der Waals surface area contributed by atoms with Crippen molar-refractivity contribution in [2.45, 2.75) is 50.2 Å². The van der Waals surface area contributed by atoms with Gasteiger partial charge in [0.1, 0.15) is 12.1 Å². The van der Waals surface area contributed by atoms with Crippen LogP contribution in [-0.2, 0) is 32.6 Å². The quantitative estimate of drug-likeness (QED) is 0.518. The van der Waals surface area contributed by atoms with E-state index in [-0.39, 0.29) is 18.2 Å². The summed E-state index contributed by atoms with van der Waals surface area (Å²) in [5, 5.41) is 4.84. The van der Waals surface area contributed by atoms with Gasteiger partial charge in [0.05, 0.1) is 12.4 Å². The lowest BCUT2D eigenvalue weighted by Gasteiger charge is -2.26. The van der Waals surface area contributed by atoms with Crippen molar-refractivity contribution in [1.29, 1.82) is 0 Å². The van der Waals surface area contributed by atoms with Gasteiger partial charge in [-0.05, 0) is 19.3 Å². The lowest BCUT2D eigenvalue weighted by atomic mass is 10.1. The Kier molecular flexibility index (Phi) is 5.54. The van der Waals surface area contributed by atoms with Gasteiger partial charge in [-0.15, -0.1) is 0 Å². The zero-order valence-corrected chi connectivity index (χ0v) is 15.2. The molecule has 4 amide bonds. The molecule has 0 radical (unpaired) electrons. The third-order valence-corrected chi connectivity index (χ3v) is 5.06. The molecule has 27 heavy (non-hydrogen) atoms. The van der Waals surface area contributed by atoms with Crippen LogP contribution in [0.2, 0.25) is 0 Å². The molecule has 10 nitrogen and oxygen atoms in total. The first-order valence-electron chi connectivity index (χ1n) is 9.02. The fourth-order valence-electron chi connectivity index (χ4n) is 3.51. The van der Waals surface area contributed by atoms with Crippen LogP contribution in [0.25, 0.3) is 0 Å². The van der Waals surface area contributed by atoms with Gasteiger partial charge in [-0.25, -0.2) is 4.98 Å². The SMILES string of the molecule is Cn1cncc1C[C@H](N)C(=O)N1CCC[C@H]1C(=O)NC(=O)[C@@H]1CCC(=O)N1. The predicted molar refractivity (Wildman–Crippen MR) is 93.9 cm³/mol. The van der Waals surface area contributed by atoms with Crippen molar-refractivity contribution in [2.24, 2.45) is 12.8 Å². The molecule has 2 fully saturated rings. The molecule has 3 heterocycles. The summed E-state index contributed by atoms with van der Waals surface area (Å²) >= 11 is 0. The van der Waals surface area contributed by atoms with Gasteiger partial charge in [-0.2, -0.15) is 0 Å². The lowest BCUT2D eigenvalue weighted by molar-refractivity contribution is -0.142. The normalized spacial score (nSPS) is 23.2. The molecule has 3 rings (SSSR count). The summed E-state index contributed by atoms with van der Waals surface area (Å²) in [5.74, 6) is -1.60. The van der Waals surface area contributed by atoms with Gasteiger partial charge in [0.2, 0.25) is 23.6 Å². The van der Waals surface area contributed by atoms with E-state index in [1.54, 1.807) is 17.1 Å². The van der Waals surface area contributed by atoms with Gasteiger partial charge < -0.3 is 20.5 Å². The summed E-state index contributed by atoms with van der Waals surface area (Å²) in [6.45, 7) is 0.421. The Hall–Kier alpha value is -2.75. The van der Waals surface area contributed by atoms with Crippen LogP contribution < -0.4 is 16.4 Å². The van der Waals surface area contributed by atoms with Crippen LogP contribution in [0.1, 0.15) is 31.4 Å². The smallest absolute Gasteiger partial charge is 0.249 e. The van der Waals surface area contributed by atoms with Gasteiger partial charge in [-0.3, -0.25) is 24.5 Å². The Labute approximate surface area is 156 Å². The number of nitrogens with two attached hydrogens (primary N) is 1. The minimum Gasteiger partial charge on any atom is -0.344 e. The van der Waals surface area contributed by atoms with Crippen LogP contribution in [0, 0.1) is 0 Å². The molecule has 2 aliphatic heterocycles. The van der Waals surface area contributed by atoms with Crippen molar-refractivity contribution < 1.29 is 19.2 Å². The molecule has 3 atom stereocenters. The van der Waals surface area contributed by atoms with Crippen LogP contribution in [0.15, 0.2) is 12.5 Å². The number of imidazole rings is 1. The molecule has 10 heteroatoms. The highest BCUT2D eigenvalue weighted by Gasteiger charge is 2.38. The Balaban J connectivity index is 1.59. The molecular weight excluding hydrogens is 352 g/mol. The van der Waals surface area contributed by atoms with E-state index in [1.807, 2.05) is 7.05 Å². The van der Waals surface area contributed by atoms with Crippen LogP contribution in [0.5, 0.6) is 0 Å². The molecule has 2 aliphatic rings. The Morgan fingerprint density at radius 1 is 1.37 bits per heavy atom. The maximum absolute atomic E-state index is 12.7. The molecule has 0 aromatic carbocycles. The first-order chi connectivity index (χ1) is 12.9. The summed E-state index contributed by atoms with van der Waals surface area (Å²) in [6, 6.07) is -2.21. The third kappa shape index (κ3) is 4.16. The van der Waals surface area contributed by atoms with Crippen molar-refractivity contribution in [3.8, 4) is 0 Å². The Morgan fingerprint density at radius 3 is 2.78 bits per heavy atom. The van der Waals surface area contributed by atoms with E-state index in [1.165, 1.54) is 4.90 Å². The number of nitrogens with one attached hydrogen (secondary N) is 2. The highest BCUT2D eigenvalue weighted by atomic mass is 16.2. The highest BCUT2D eigenvalue weighted by molar-refractivity contribution is 6.03. The lowest BCUT2D eigenvalue weighted by Crippen LogP contribution is -2.54. The number of aromatic nitrogens is 2. The van der Waals surface area contributed by atoms with Crippen molar-refractivity contribution in [1.82, 2.24) is 25.1 Å². The second-order valence-electron chi connectivity index (χ2n) is 7.01. The zero-order valence-electron chi connectivity index (χ0n) is 15.2. The van der Waals surface area contributed by atoms with Gasteiger partial charge in [0.25, 0.3) is 0 Å². The zero-order chi connectivity index (χ0) is 19.6. The number of imide groups is 1. The molecule has 0 spiro atoms. The number of likely N-dealkylation sites (tertiary alicyclic amines) is 1. The first-order valence-corrected chi connectivity index (χ1v) is 9.02. The standard InChI is InChI=1S/C17H24N6O4/c1-22-9-19-8-10(22)7-11(18)17(27)23-6-2-3-13(23)16(26)21-15(25)12-4-5-14(24)20-12/h8-9,11-13H,2-7,18H2,1H3,(H,20,24)(H,21,25,26)/t11-,12-,13-/m0/s1. The second-order valence-corrected chi connectivity index (χ2v) is 7.01. The van der Waals surface area contributed by atoms with E-state index < -0.39 is 29.9 Å². The first kappa shape index (κ1) is 19.0. The average Bonchev–Trinajstić information content (AvgIpc) is 3.36. The summed E-state index contributed by atoms with van der Waals surface area (Å²) in [6.07, 6.45) is 5.36. The molecule has 1 aromatic rings. The predicted octanol–water partition coefficient (Wildman–Crippen LogP) is -1.80. The van der Waals surface area contributed by atoms with E-state index in [0.717, 1.165) is 5.69 Å². The molecule has 0 saturated carbocycles. The second kappa shape index (κ2) is 7.87. The largest absolute Gasteiger partial charge is 0.344 e. The molecule has 0 aliphatic carbocycles. The van der Waals surface area contributed by atoms with E-state index in [2.05, 4.69) is 15.6 Å². The van der Waals surface area contributed by atoms with E-state index >= 15 is 0 Å². The van der Waals surface area contributed by atoms with Crippen molar-refractivity contribution in [2.75, 3.05) is 6.54 Å². The summed E-state index contributed by atoms with van der Waals surface area (Å²) in [5.41, 5.74) is 6.88. The van der Waals surface area contributed by atoms with E-state index in [4.69, 9.17) is 5.73 Å². The van der Waals surface area contributed by atoms with Crippen LogP contribution >= 0.6 is 0 Å². The molecule has 2 saturated heterocycles. The maximum atomic E-state index is 12.7. The monoisotopic (exact) mass is 376 g/mol. The van der Waals surface area contributed by atoms with Crippen molar-refractivity contribution in [3.63, 3.8) is 0 Å². The number of aryl methyl sites for hydroxylation is 1.